The number of hydrogen-bond acceptors (Lipinski definition) is 3. The highest BCUT2D eigenvalue weighted by molar-refractivity contribution is 5.94. The molecule has 1 heterocycles. The average molecular weight is 297 g/mol. The van der Waals surface area contributed by atoms with Crippen molar-refractivity contribution in [1.82, 2.24) is 9.80 Å². The summed E-state index contributed by atoms with van der Waals surface area (Å²) in [6.07, 6.45) is 0.827. The van der Waals surface area contributed by atoms with E-state index in [4.69, 9.17) is 5.73 Å². The lowest BCUT2D eigenvalue weighted by Crippen LogP contribution is -2.37. The lowest BCUT2D eigenvalue weighted by atomic mass is 10.1. The number of nitrogens with two attached hydrogens (primary N) is 1. The molecule has 0 unspecified atom stereocenters. The van der Waals surface area contributed by atoms with Crippen molar-refractivity contribution in [3.8, 4) is 0 Å². The largest absolute Gasteiger partial charge is 0.337 e. The predicted molar refractivity (Wildman–Crippen MR) is 77.1 cm³/mol. The van der Waals surface area contributed by atoms with Crippen molar-refractivity contribution in [3.63, 3.8) is 0 Å². The fourth-order valence-corrected chi connectivity index (χ4v) is 2.57. The van der Waals surface area contributed by atoms with Gasteiger partial charge >= 0.3 is 0 Å². The molecule has 21 heavy (non-hydrogen) atoms. The quantitative estimate of drug-likeness (QED) is 0.917. The Morgan fingerprint density at radius 2 is 1.95 bits per heavy atom. The van der Waals surface area contributed by atoms with E-state index in [9.17, 15) is 13.6 Å². The number of nitrogens with zero attached hydrogens (tertiary/aromatic N) is 2. The van der Waals surface area contributed by atoms with Gasteiger partial charge in [-0.25, -0.2) is 8.78 Å². The Hall–Kier alpha value is -1.53. The molecule has 0 radical (unpaired) electrons. The van der Waals surface area contributed by atoms with E-state index >= 15 is 0 Å². The van der Waals surface area contributed by atoms with Crippen molar-refractivity contribution < 1.29 is 13.6 Å². The van der Waals surface area contributed by atoms with Gasteiger partial charge in [-0.2, -0.15) is 0 Å². The topological polar surface area (TPSA) is 49.6 Å². The van der Waals surface area contributed by atoms with Crippen molar-refractivity contribution >= 4 is 5.91 Å². The second kappa shape index (κ2) is 6.95. The Balaban J connectivity index is 2.11. The first-order valence-electron chi connectivity index (χ1n) is 7.20. The third kappa shape index (κ3) is 3.77. The van der Waals surface area contributed by atoms with E-state index in [1.807, 2.05) is 0 Å². The summed E-state index contributed by atoms with van der Waals surface area (Å²) >= 11 is 0. The number of aryl methyl sites for hydroxylation is 1. The van der Waals surface area contributed by atoms with Gasteiger partial charge in [-0.15, -0.1) is 0 Å². The standard InChI is InChI=1S/C15H21F2N3O/c1-11-9-12(14(17)10-13(11)16)15(21)20-5-2-4-19(6-3-18)7-8-20/h9-10H,2-8,18H2,1H3. The average Bonchev–Trinajstić information content (AvgIpc) is 2.68. The van der Waals surface area contributed by atoms with Crippen LogP contribution in [0.5, 0.6) is 0 Å². The molecule has 0 saturated carbocycles. The molecule has 0 spiro atoms. The second-order valence-corrected chi connectivity index (χ2v) is 5.36. The molecule has 1 aromatic rings. The molecule has 1 amide bonds. The molecule has 6 heteroatoms. The maximum Gasteiger partial charge on any atom is 0.256 e. The number of amides is 1. The van der Waals surface area contributed by atoms with E-state index in [-0.39, 0.29) is 17.0 Å². The normalized spacial score (nSPS) is 16.9. The van der Waals surface area contributed by atoms with Crippen molar-refractivity contribution in [2.75, 3.05) is 39.3 Å². The molecule has 4 nitrogen and oxygen atoms in total. The highest BCUT2D eigenvalue weighted by Crippen LogP contribution is 2.17. The Morgan fingerprint density at radius 1 is 1.19 bits per heavy atom. The molecule has 2 rings (SSSR count). The van der Waals surface area contributed by atoms with Gasteiger partial charge < -0.3 is 15.5 Å². The Labute approximate surface area is 123 Å². The summed E-state index contributed by atoms with van der Waals surface area (Å²) in [5.41, 5.74) is 5.76. The first kappa shape index (κ1) is 15.9. The fourth-order valence-electron chi connectivity index (χ4n) is 2.57. The van der Waals surface area contributed by atoms with E-state index in [2.05, 4.69) is 4.90 Å². The smallest absolute Gasteiger partial charge is 0.256 e. The van der Waals surface area contributed by atoms with Gasteiger partial charge in [0.15, 0.2) is 0 Å². The minimum atomic E-state index is -0.800. The summed E-state index contributed by atoms with van der Waals surface area (Å²) in [5.74, 6) is -1.80. The highest BCUT2D eigenvalue weighted by Gasteiger charge is 2.23. The van der Waals surface area contributed by atoms with Crippen molar-refractivity contribution in [3.05, 3.63) is 34.9 Å². The molecule has 1 aliphatic heterocycles. The molecule has 1 aliphatic rings. The minimum absolute atomic E-state index is 0.0545. The van der Waals surface area contributed by atoms with Crippen LogP contribution >= 0.6 is 0 Å². The first-order chi connectivity index (χ1) is 10.0. The van der Waals surface area contributed by atoms with Gasteiger partial charge in [0.25, 0.3) is 5.91 Å². The van der Waals surface area contributed by atoms with E-state index < -0.39 is 11.6 Å². The summed E-state index contributed by atoms with van der Waals surface area (Å²) in [7, 11) is 0. The number of carbonyl (C=O) groups excluding carboxylic acids is 1. The van der Waals surface area contributed by atoms with Gasteiger partial charge in [-0.05, 0) is 31.5 Å². The third-order valence-electron chi connectivity index (χ3n) is 3.80. The number of carbonyl (C=O) groups is 1. The summed E-state index contributed by atoms with van der Waals surface area (Å²) in [5, 5.41) is 0. The Kier molecular flexibility index (Phi) is 5.25. The van der Waals surface area contributed by atoms with Crippen LogP contribution in [0.2, 0.25) is 0 Å². The number of hydrogen-bond donors (Lipinski definition) is 1. The maximum atomic E-state index is 13.8. The lowest BCUT2D eigenvalue weighted by molar-refractivity contribution is 0.0756. The summed E-state index contributed by atoms with van der Waals surface area (Å²) in [4.78, 5) is 16.2. The monoisotopic (exact) mass is 297 g/mol. The third-order valence-corrected chi connectivity index (χ3v) is 3.80. The van der Waals surface area contributed by atoms with Gasteiger partial charge in [-0.1, -0.05) is 0 Å². The van der Waals surface area contributed by atoms with Crippen molar-refractivity contribution in [2.24, 2.45) is 5.73 Å². The summed E-state index contributed by atoms with van der Waals surface area (Å²) in [6, 6.07) is 2.07. The van der Waals surface area contributed by atoms with Gasteiger partial charge in [0.1, 0.15) is 11.6 Å². The van der Waals surface area contributed by atoms with E-state index in [1.54, 1.807) is 4.90 Å². The van der Waals surface area contributed by atoms with Crippen LogP contribution in [0.3, 0.4) is 0 Å². The van der Waals surface area contributed by atoms with Gasteiger partial charge in [0.05, 0.1) is 5.56 Å². The highest BCUT2D eigenvalue weighted by atomic mass is 19.1. The molecule has 0 aliphatic carbocycles. The second-order valence-electron chi connectivity index (χ2n) is 5.36. The lowest BCUT2D eigenvalue weighted by Gasteiger charge is -2.22. The molecule has 116 valence electrons. The number of halogens is 2. The molecule has 1 saturated heterocycles. The van der Waals surface area contributed by atoms with Crippen LogP contribution in [-0.4, -0.2) is 55.0 Å². The zero-order chi connectivity index (χ0) is 15.4. The SMILES string of the molecule is Cc1cc(C(=O)N2CCCN(CCN)CC2)c(F)cc1F. The van der Waals surface area contributed by atoms with E-state index in [0.717, 1.165) is 32.1 Å². The van der Waals surface area contributed by atoms with E-state index in [0.29, 0.717) is 19.6 Å². The summed E-state index contributed by atoms with van der Waals surface area (Å²) in [6.45, 7) is 5.63. The van der Waals surface area contributed by atoms with Crippen LogP contribution in [0, 0.1) is 18.6 Å². The molecular formula is C15H21F2N3O. The number of benzene rings is 1. The Morgan fingerprint density at radius 3 is 2.67 bits per heavy atom. The maximum absolute atomic E-state index is 13.8. The van der Waals surface area contributed by atoms with Crippen LogP contribution < -0.4 is 5.73 Å². The van der Waals surface area contributed by atoms with Crippen LogP contribution in [0.15, 0.2) is 12.1 Å². The molecule has 0 aromatic heterocycles. The summed E-state index contributed by atoms with van der Waals surface area (Å²) < 4.78 is 27.1. The van der Waals surface area contributed by atoms with Crippen molar-refractivity contribution in [1.29, 1.82) is 0 Å². The molecule has 0 atom stereocenters. The van der Waals surface area contributed by atoms with Gasteiger partial charge in [0, 0.05) is 38.8 Å². The van der Waals surface area contributed by atoms with E-state index in [1.165, 1.54) is 13.0 Å². The van der Waals surface area contributed by atoms with Crippen LogP contribution in [-0.2, 0) is 0 Å². The fraction of sp³-hybridized carbons (Fsp3) is 0.533. The Bertz CT molecular complexity index is 522. The zero-order valence-corrected chi connectivity index (χ0v) is 12.2. The molecule has 1 fully saturated rings. The van der Waals surface area contributed by atoms with Crippen LogP contribution in [0.25, 0.3) is 0 Å². The predicted octanol–water partition coefficient (Wildman–Crippen LogP) is 1.38. The molecule has 2 N–H and O–H groups in total. The zero-order valence-electron chi connectivity index (χ0n) is 12.2. The van der Waals surface area contributed by atoms with Crippen LogP contribution in [0.4, 0.5) is 8.78 Å². The number of rotatable bonds is 3. The van der Waals surface area contributed by atoms with Gasteiger partial charge in [-0.3, -0.25) is 4.79 Å². The van der Waals surface area contributed by atoms with Crippen molar-refractivity contribution in [2.45, 2.75) is 13.3 Å². The molecular weight excluding hydrogens is 276 g/mol. The minimum Gasteiger partial charge on any atom is -0.337 e. The van der Waals surface area contributed by atoms with Gasteiger partial charge in [0.2, 0.25) is 0 Å². The first-order valence-corrected chi connectivity index (χ1v) is 7.20. The molecule has 1 aromatic carbocycles. The molecule has 0 bridgehead atoms. The van der Waals surface area contributed by atoms with Crippen LogP contribution in [0.1, 0.15) is 22.3 Å².